The lowest BCUT2D eigenvalue weighted by Gasteiger charge is -2.33. The fraction of sp³-hybridized carbons (Fsp3) is 0.579. The Bertz CT molecular complexity index is 607. The van der Waals surface area contributed by atoms with Crippen molar-refractivity contribution in [2.45, 2.75) is 65.5 Å². The number of amides is 2. The monoisotopic (exact) mass is 350 g/mol. The van der Waals surface area contributed by atoms with Crippen molar-refractivity contribution in [2.75, 3.05) is 6.54 Å². The molecule has 0 atom stereocenters. The molecular weight excluding hydrogens is 320 g/mol. The van der Waals surface area contributed by atoms with Crippen molar-refractivity contribution in [3.63, 3.8) is 0 Å². The Morgan fingerprint density at radius 2 is 1.84 bits per heavy atom. The van der Waals surface area contributed by atoms with Gasteiger partial charge in [-0.1, -0.05) is 13.8 Å². The molecule has 140 valence electrons. The van der Waals surface area contributed by atoms with E-state index in [0.29, 0.717) is 25.1 Å². The van der Waals surface area contributed by atoms with E-state index in [1.54, 1.807) is 12.1 Å². The van der Waals surface area contributed by atoms with Crippen LogP contribution in [0.3, 0.4) is 0 Å². The molecule has 6 nitrogen and oxygen atoms in total. The highest BCUT2D eigenvalue weighted by atomic mass is 16.6. The molecule has 0 saturated heterocycles. The van der Waals surface area contributed by atoms with Gasteiger partial charge in [0.05, 0.1) is 5.54 Å². The number of alkyl carbamates (subject to hydrolysis) is 1. The largest absolute Gasteiger partial charge is 0.462 e. The van der Waals surface area contributed by atoms with Crippen LogP contribution in [0.15, 0.2) is 22.6 Å². The van der Waals surface area contributed by atoms with Crippen molar-refractivity contribution >= 4 is 18.1 Å². The molecule has 1 rings (SSSR count). The van der Waals surface area contributed by atoms with Crippen molar-refractivity contribution in [3.05, 3.63) is 29.7 Å². The lowest BCUT2D eigenvalue weighted by Crippen LogP contribution is -2.55. The van der Waals surface area contributed by atoms with E-state index in [4.69, 9.17) is 9.15 Å². The highest BCUT2D eigenvalue weighted by Crippen LogP contribution is 2.15. The minimum absolute atomic E-state index is 0.233. The van der Waals surface area contributed by atoms with Crippen molar-refractivity contribution in [1.82, 2.24) is 10.6 Å². The number of aryl methyl sites for hydroxylation is 1. The molecule has 1 aromatic rings. The molecular formula is C19H30N2O4. The van der Waals surface area contributed by atoms with E-state index < -0.39 is 17.2 Å². The second kappa shape index (κ2) is 8.74. The molecule has 2 amide bonds. The summed E-state index contributed by atoms with van der Waals surface area (Å²) in [6, 6.07) is 3.64. The van der Waals surface area contributed by atoms with Crippen molar-refractivity contribution in [1.29, 1.82) is 0 Å². The fourth-order valence-electron chi connectivity index (χ4n) is 2.28. The fourth-order valence-corrected chi connectivity index (χ4v) is 2.28. The SMILES string of the molecule is CCC(CC)(CNC(=O)OC(C)(C)C)NC(=O)C=Cc1ccc(C)o1. The third-order valence-corrected chi connectivity index (χ3v) is 3.87. The second-order valence-corrected chi connectivity index (χ2v) is 7.11. The number of furan rings is 1. The van der Waals surface area contributed by atoms with Gasteiger partial charge in [-0.3, -0.25) is 4.79 Å². The van der Waals surface area contributed by atoms with Crippen LogP contribution < -0.4 is 10.6 Å². The number of ether oxygens (including phenoxy) is 1. The lowest BCUT2D eigenvalue weighted by molar-refractivity contribution is -0.118. The highest BCUT2D eigenvalue weighted by molar-refractivity contribution is 5.92. The quantitative estimate of drug-likeness (QED) is 0.733. The van der Waals surface area contributed by atoms with Crippen molar-refractivity contribution < 1.29 is 18.7 Å². The van der Waals surface area contributed by atoms with E-state index in [2.05, 4.69) is 10.6 Å². The summed E-state index contributed by atoms with van der Waals surface area (Å²) in [6.45, 7) is 11.5. The van der Waals surface area contributed by atoms with Crippen LogP contribution >= 0.6 is 0 Å². The van der Waals surface area contributed by atoms with Crippen LogP contribution in [0.4, 0.5) is 4.79 Å². The van der Waals surface area contributed by atoms with Crippen LogP contribution in [0.1, 0.15) is 59.0 Å². The van der Waals surface area contributed by atoms with Gasteiger partial charge in [0.2, 0.25) is 5.91 Å². The van der Waals surface area contributed by atoms with Crippen molar-refractivity contribution in [3.8, 4) is 0 Å². The Kier molecular flexibility index (Phi) is 7.27. The van der Waals surface area contributed by atoms with E-state index >= 15 is 0 Å². The summed E-state index contributed by atoms with van der Waals surface area (Å²) in [5.74, 6) is 1.18. The zero-order valence-corrected chi connectivity index (χ0v) is 16.1. The van der Waals surface area contributed by atoms with Gasteiger partial charge in [0.15, 0.2) is 0 Å². The van der Waals surface area contributed by atoms with E-state index in [1.165, 1.54) is 6.08 Å². The smallest absolute Gasteiger partial charge is 0.407 e. The number of hydrogen-bond acceptors (Lipinski definition) is 4. The summed E-state index contributed by atoms with van der Waals surface area (Å²) < 4.78 is 10.6. The van der Waals surface area contributed by atoms with E-state index in [1.807, 2.05) is 47.6 Å². The number of hydrogen-bond donors (Lipinski definition) is 2. The first kappa shape index (κ1) is 20.8. The number of nitrogens with one attached hydrogen (secondary N) is 2. The molecule has 1 aromatic heterocycles. The molecule has 0 radical (unpaired) electrons. The molecule has 0 aliphatic carbocycles. The second-order valence-electron chi connectivity index (χ2n) is 7.11. The van der Waals surface area contributed by atoms with Gasteiger partial charge in [0.1, 0.15) is 17.1 Å². The summed E-state index contributed by atoms with van der Waals surface area (Å²) in [5, 5.41) is 5.73. The number of rotatable bonds is 7. The molecule has 0 aliphatic rings. The van der Waals surface area contributed by atoms with Crippen LogP contribution in [-0.4, -0.2) is 29.7 Å². The van der Waals surface area contributed by atoms with Gasteiger partial charge >= 0.3 is 6.09 Å². The third kappa shape index (κ3) is 7.45. The van der Waals surface area contributed by atoms with Gasteiger partial charge in [-0.05, 0) is 58.7 Å². The molecule has 6 heteroatoms. The predicted octanol–water partition coefficient (Wildman–Crippen LogP) is 3.80. The average Bonchev–Trinajstić information content (AvgIpc) is 2.93. The van der Waals surface area contributed by atoms with Crippen LogP contribution in [0.5, 0.6) is 0 Å². The Morgan fingerprint density at radius 3 is 2.32 bits per heavy atom. The van der Waals surface area contributed by atoms with Gasteiger partial charge in [-0.2, -0.15) is 0 Å². The third-order valence-electron chi connectivity index (χ3n) is 3.87. The van der Waals surface area contributed by atoms with Crippen molar-refractivity contribution in [2.24, 2.45) is 0 Å². The van der Waals surface area contributed by atoms with Gasteiger partial charge in [0, 0.05) is 12.6 Å². The standard InChI is InChI=1S/C19H30N2O4/c1-7-19(8-2,13-20-17(23)25-18(4,5)6)21-16(22)12-11-15-10-9-14(3)24-15/h9-12H,7-8,13H2,1-6H3,(H,20,23)(H,21,22). The minimum atomic E-state index is -0.557. The summed E-state index contributed by atoms with van der Waals surface area (Å²) in [5.41, 5.74) is -1.09. The Morgan fingerprint density at radius 1 is 1.20 bits per heavy atom. The van der Waals surface area contributed by atoms with Gasteiger partial charge < -0.3 is 19.8 Å². The first-order chi connectivity index (χ1) is 11.6. The number of carbonyl (C=O) groups is 2. The maximum Gasteiger partial charge on any atom is 0.407 e. The molecule has 0 bridgehead atoms. The van der Waals surface area contributed by atoms with Crippen LogP contribution in [-0.2, 0) is 9.53 Å². The summed E-state index contributed by atoms with van der Waals surface area (Å²) in [7, 11) is 0. The molecule has 0 aromatic carbocycles. The van der Waals surface area contributed by atoms with Gasteiger partial charge in [0.25, 0.3) is 0 Å². The molecule has 0 spiro atoms. The topological polar surface area (TPSA) is 80.6 Å². The normalized spacial score (nSPS) is 12.2. The Labute approximate surface area is 150 Å². The highest BCUT2D eigenvalue weighted by Gasteiger charge is 2.29. The van der Waals surface area contributed by atoms with E-state index in [9.17, 15) is 9.59 Å². The predicted molar refractivity (Wildman–Crippen MR) is 98.2 cm³/mol. The number of carbonyl (C=O) groups excluding carboxylic acids is 2. The Hall–Kier alpha value is -2.24. The maximum atomic E-state index is 12.2. The molecule has 0 aliphatic heterocycles. The van der Waals surface area contributed by atoms with Gasteiger partial charge in [-0.15, -0.1) is 0 Å². The summed E-state index contributed by atoms with van der Waals surface area (Å²) in [4.78, 5) is 24.1. The zero-order valence-electron chi connectivity index (χ0n) is 16.1. The first-order valence-electron chi connectivity index (χ1n) is 8.62. The maximum absolute atomic E-state index is 12.2. The summed E-state index contributed by atoms with van der Waals surface area (Å²) in [6.07, 6.45) is 3.93. The first-order valence-corrected chi connectivity index (χ1v) is 8.62. The zero-order chi connectivity index (χ0) is 19.1. The molecule has 0 saturated carbocycles. The Balaban J connectivity index is 2.65. The van der Waals surface area contributed by atoms with Crippen LogP contribution in [0.25, 0.3) is 6.08 Å². The lowest BCUT2D eigenvalue weighted by atomic mass is 9.92. The average molecular weight is 350 g/mol. The van der Waals surface area contributed by atoms with Crippen LogP contribution in [0, 0.1) is 6.92 Å². The van der Waals surface area contributed by atoms with E-state index in [0.717, 1.165) is 5.76 Å². The molecule has 0 unspecified atom stereocenters. The summed E-state index contributed by atoms with van der Waals surface area (Å²) >= 11 is 0. The molecule has 1 heterocycles. The van der Waals surface area contributed by atoms with Crippen LogP contribution in [0.2, 0.25) is 0 Å². The molecule has 2 N–H and O–H groups in total. The molecule has 0 fully saturated rings. The van der Waals surface area contributed by atoms with Gasteiger partial charge in [-0.25, -0.2) is 4.79 Å². The minimum Gasteiger partial charge on any atom is -0.462 e. The molecule has 25 heavy (non-hydrogen) atoms. The van der Waals surface area contributed by atoms with E-state index in [-0.39, 0.29) is 5.91 Å².